The number of amides is 2. The van der Waals surface area contributed by atoms with E-state index in [2.05, 4.69) is 15.6 Å². The Morgan fingerprint density at radius 2 is 2.10 bits per heavy atom. The highest BCUT2D eigenvalue weighted by Crippen LogP contribution is 2.14. The van der Waals surface area contributed by atoms with Crippen molar-refractivity contribution in [3.8, 4) is 0 Å². The van der Waals surface area contributed by atoms with E-state index >= 15 is 0 Å². The number of pyridine rings is 1. The zero-order valence-corrected chi connectivity index (χ0v) is 12.2. The van der Waals surface area contributed by atoms with Crippen LogP contribution < -0.4 is 10.6 Å². The van der Waals surface area contributed by atoms with Gasteiger partial charge < -0.3 is 15.7 Å². The number of nitrogens with one attached hydrogen (secondary N) is 2. The number of aryl methyl sites for hydroxylation is 1. The van der Waals surface area contributed by atoms with Crippen LogP contribution in [0.4, 0.5) is 10.5 Å². The number of carboxylic acids is 1. The number of aromatic nitrogens is 1. The molecule has 2 rings (SSSR count). The molecule has 6 nitrogen and oxygen atoms in total. The van der Waals surface area contributed by atoms with E-state index in [9.17, 15) is 9.59 Å². The van der Waals surface area contributed by atoms with Crippen molar-refractivity contribution in [1.29, 1.82) is 0 Å². The summed E-state index contributed by atoms with van der Waals surface area (Å²) in [7, 11) is 0. The molecule has 0 aliphatic carbocycles. The van der Waals surface area contributed by atoms with Gasteiger partial charge in [0.2, 0.25) is 0 Å². The largest absolute Gasteiger partial charge is 0.481 e. The zero-order chi connectivity index (χ0) is 15.2. The van der Waals surface area contributed by atoms with Crippen LogP contribution in [-0.4, -0.2) is 22.1 Å². The Balaban J connectivity index is 1.83. The number of hydrogen-bond acceptors (Lipinski definition) is 4. The minimum atomic E-state index is -0.938. The molecule has 7 heteroatoms. The number of carbonyl (C=O) groups is 2. The Morgan fingerprint density at radius 3 is 2.67 bits per heavy atom. The quantitative estimate of drug-likeness (QED) is 0.791. The molecule has 0 atom stereocenters. The highest BCUT2D eigenvalue weighted by molar-refractivity contribution is 7.11. The van der Waals surface area contributed by atoms with Gasteiger partial charge in [-0.3, -0.25) is 9.78 Å². The van der Waals surface area contributed by atoms with E-state index in [-0.39, 0.29) is 12.5 Å². The van der Waals surface area contributed by atoms with Gasteiger partial charge in [0, 0.05) is 9.75 Å². The highest BCUT2D eigenvalue weighted by Gasteiger charge is 2.05. The Morgan fingerprint density at radius 1 is 1.29 bits per heavy atom. The predicted octanol–water partition coefficient (Wildman–Crippen LogP) is 2.40. The van der Waals surface area contributed by atoms with Crippen molar-refractivity contribution in [2.24, 2.45) is 0 Å². The monoisotopic (exact) mass is 305 g/mol. The summed E-state index contributed by atoms with van der Waals surface area (Å²) >= 11 is 1.63. The zero-order valence-electron chi connectivity index (χ0n) is 11.4. The standard InChI is InChI=1S/C14H15N3O3S/c1-9-2-5-12(21-9)8-16-14(20)17-11-4-3-10(15-7-11)6-13(18)19/h2-5,7H,6,8H2,1H3,(H,18,19)(H2,16,17,20). The molecule has 2 aromatic rings. The number of rotatable bonds is 5. The van der Waals surface area contributed by atoms with Crippen LogP contribution >= 0.6 is 11.3 Å². The fraction of sp³-hybridized carbons (Fsp3) is 0.214. The van der Waals surface area contributed by atoms with Crippen molar-refractivity contribution in [3.63, 3.8) is 0 Å². The third kappa shape index (κ3) is 4.88. The first-order valence-corrected chi connectivity index (χ1v) is 7.11. The number of hydrogen-bond donors (Lipinski definition) is 3. The van der Waals surface area contributed by atoms with Crippen molar-refractivity contribution < 1.29 is 14.7 Å². The molecule has 0 fully saturated rings. The Kier molecular flexibility index (Phi) is 4.89. The summed E-state index contributed by atoms with van der Waals surface area (Å²) in [6.07, 6.45) is 1.30. The molecule has 0 aliphatic rings. The summed E-state index contributed by atoms with van der Waals surface area (Å²) in [5.74, 6) is -0.938. The average molecular weight is 305 g/mol. The van der Waals surface area contributed by atoms with E-state index in [0.29, 0.717) is 17.9 Å². The lowest BCUT2D eigenvalue weighted by atomic mass is 10.2. The van der Waals surface area contributed by atoms with Gasteiger partial charge in [0.15, 0.2) is 0 Å². The first-order valence-electron chi connectivity index (χ1n) is 6.30. The molecule has 21 heavy (non-hydrogen) atoms. The average Bonchev–Trinajstić information content (AvgIpc) is 2.84. The highest BCUT2D eigenvalue weighted by atomic mass is 32.1. The Bertz CT molecular complexity index is 637. The van der Waals surface area contributed by atoms with Gasteiger partial charge in [0.1, 0.15) is 0 Å². The summed E-state index contributed by atoms with van der Waals surface area (Å²) in [5.41, 5.74) is 0.964. The van der Waals surface area contributed by atoms with Crippen LogP contribution in [-0.2, 0) is 17.8 Å². The molecule has 110 valence electrons. The second-order valence-electron chi connectivity index (χ2n) is 4.43. The van der Waals surface area contributed by atoms with Crippen molar-refractivity contribution in [1.82, 2.24) is 10.3 Å². The minimum Gasteiger partial charge on any atom is -0.481 e. The molecule has 0 aliphatic heterocycles. The minimum absolute atomic E-state index is 0.135. The van der Waals surface area contributed by atoms with Crippen LogP contribution in [0.2, 0.25) is 0 Å². The maximum absolute atomic E-state index is 11.7. The summed E-state index contributed by atoms with van der Waals surface area (Å²) in [4.78, 5) is 28.5. The fourth-order valence-corrected chi connectivity index (χ4v) is 2.51. The summed E-state index contributed by atoms with van der Waals surface area (Å²) in [6.45, 7) is 2.48. The van der Waals surface area contributed by atoms with Gasteiger partial charge >= 0.3 is 12.0 Å². The van der Waals surface area contributed by atoms with Crippen LogP contribution in [0.1, 0.15) is 15.4 Å². The molecule has 3 N–H and O–H groups in total. The third-order valence-electron chi connectivity index (χ3n) is 2.63. The number of carboxylic acid groups (broad SMARTS) is 1. The van der Waals surface area contributed by atoms with Gasteiger partial charge in [-0.05, 0) is 31.2 Å². The van der Waals surface area contributed by atoms with Crippen molar-refractivity contribution in [2.45, 2.75) is 19.9 Å². The lowest BCUT2D eigenvalue weighted by Crippen LogP contribution is -2.27. The normalized spacial score (nSPS) is 10.1. The number of carbonyl (C=O) groups excluding carboxylic acids is 1. The molecule has 2 aromatic heterocycles. The molecule has 2 heterocycles. The van der Waals surface area contributed by atoms with Crippen LogP contribution in [0.25, 0.3) is 0 Å². The molecule has 2 amide bonds. The molecule has 0 aromatic carbocycles. The number of thiophene rings is 1. The van der Waals surface area contributed by atoms with E-state index in [1.165, 1.54) is 11.1 Å². The smallest absolute Gasteiger partial charge is 0.319 e. The van der Waals surface area contributed by atoms with Crippen LogP contribution in [0.3, 0.4) is 0 Å². The van der Waals surface area contributed by atoms with Gasteiger partial charge in [-0.2, -0.15) is 0 Å². The number of aliphatic carboxylic acids is 1. The summed E-state index contributed by atoms with van der Waals surface area (Å²) in [6, 6.07) is 6.86. The number of nitrogens with zero attached hydrogens (tertiary/aromatic N) is 1. The topological polar surface area (TPSA) is 91.3 Å². The first kappa shape index (κ1) is 15.0. The maximum atomic E-state index is 11.7. The lowest BCUT2D eigenvalue weighted by molar-refractivity contribution is -0.136. The first-order chi connectivity index (χ1) is 10.0. The Labute approximate surface area is 125 Å². The van der Waals surface area contributed by atoms with Gasteiger partial charge in [-0.1, -0.05) is 0 Å². The summed E-state index contributed by atoms with van der Waals surface area (Å²) in [5, 5.41) is 14.0. The molecule has 0 saturated heterocycles. The molecular formula is C14H15N3O3S. The lowest BCUT2D eigenvalue weighted by Gasteiger charge is -2.06. The van der Waals surface area contributed by atoms with E-state index in [0.717, 1.165) is 4.88 Å². The fourth-order valence-electron chi connectivity index (χ4n) is 1.68. The number of anilines is 1. The second-order valence-corrected chi connectivity index (χ2v) is 5.80. The van der Waals surface area contributed by atoms with Gasteiger partial charge in [-0.25, -0.2) is 4.79 Å². The van der Waals surface area contributed by atoms with E-state index in [1.54, 1.807) is 23.5 Å². The second kappa shape index (κ2) is 6.85. The maximum Gasteiger partial charge on any atom is 0.319 e. The molecule has 0 unspecified atom stereocenters. The molecule has 0 spiro atoms. The van der Waals surface area contributed by atoms with Crippen molar-refractivity contribution in [3.05, 3.63) is 45.9 Å². The molecule has 0 saturated carbocycles. The van der Waals surface area contributed by atoms with Crippen LogP contribution in [0, 0.1) is 6.92 Å². The third-order valence-corrected chi connectivity index (χ3v) is 3.63. The van der Waals surface area contributed by atoms with Crippen molar-refractivity contribution >= 4 is 29.0 Å². The molecule has 0 bridgehead atoms. The molecular weight excluding hydrogens is 290 g/mol. The number of urea groups is 1. The predicted molar refractivity (Wildman–Crippen MR) is 80.5 cm³/mol. The van der Waals surface area contributed by atoms with E-state index in [4.69, 9.17) is 5.11 Å². The SMILES string of the molecule is Cc1ccc(CNC(=O)Nc2ccc(CC(=O)O)nc2)s1. The van der Waals surface area contributed by atoms with E-state index in [1.807, 2.05) is 19.1 Å². The van der Waals surface area contributed by atoms with E-state index < -0.39 is 5.97 Å². The van der Waals surface area contributed by atoms with Crippen LogP contribution in [0.15, 0.2) is 30.5 Å². The van der Waals surface area contributed by atoms with Crippen molar-refractivity contribution in [2.75, 3.05) is 5.32 Å². The Hall–Kier alpha value is -2.41. The molecule has 0 radical (unpaired) electrons. The van der Waals surface area contributed by atoms with Gasteiger partial charge in [0.25, 0.3) is 0 Å². The summed E-state index contributed by atoms with van der Waals surface area (Å²) < 4.78 is 0. The van der Waals surface area contributed by atoms with Gasteiger partial charge in [-0.15, -0.1) is 11.3 Å². The van der Waals surface area contributed by atoms with Gasteiger partial charge in [0.05, 0.1) is 30.5 Å². The van der Waals surface area contributed by atoms with Crippen LogP contribution in [0.5, 0.6) is 0 Å².